The summed E-state index contributed by atoms with van der Waals surface area (Å²) >= 11 is 3.52. The van der Waals surface area contributed by atoms with Gasteiger partial charge in [-0.3, -0.25) is 0 Å². The van der Waals surface area contributed by atoms with E-state index in [4.69, 9.17) is 9.47 Å². The van der Waals surface area contributed by atoms with E-state index in [1.165, 1.54) is 5.56 Å². The molecule has 2 aromatic carbocycles. The van der Waals surface area contributed by atoms with Gasteiger partial charge in [-0.25, -0.2) is 0 Å². The van der Waals surface area contributed by atoms with Gasteiger partial charge in [0, 0.05) is 10.0 Å². The molecule has 0 spiro atoms. The molecular weight excluding hydrogens is 304 g/mol. The number of ether oxygens (including phenoxy) is 2. The van der Waals surface area contributed by atoms with E-state index in [0.717, 1.165) is 28.0 Å². The lowest BCUT2D eigenvalue weighted by atomic mass is 10.1. The van der Waals surface area contributed by atoms with Gasteiger partial charge in [-0.15, -0.1) is 0 Å². The molecule has 0 aliphatic heterocycles. The summed E-state index contributed by atoms with van der Waals surface area (Å²) in [5.74, 6) is 1.56. The van der Waals surface area contributed by atoms with Crippen molar-refractivity contribution in [1.82, 2.24) is 0 Å². The van der Waals surface area contributed by atoms with Crippen molar-refractivity contribution in [3.63, 3.8) is 0 Å². The summed E-state index contributed by atoms with van der Waals surface area (Å²) in [6, 6.07) is 14.1. The Bertz CT molecular complexity index is 552. The van der Waals surface area contributed by atoms with Crippen molar-refractivity contribution in [2.75, 3.05) is 7.11 Å². The largest absolute Gasteiger partial charge is 0.493 e. The molecule has 19 heavy (non-hydrogen) atoms. The van der Waals surface area contributed by atoms with E-state index in [0.29, 0.717) is 6.61 Å². The second-order valence-electron chi connectivity index (χ2n) is 4.22. The molecule has 0 heterocycles. The lowest BCUT2D eigenvalue weighted by Crippen LogP contribution is -1.99. The Morgan fingerprint density at radius 1 is 1.05 bits per heavy atom. The van der Waals surface area contributed by atoms with Gasteiger partial charge in [0.25, 0.3) is 0 Å². The number of hydrogen-bond donors (Lipinski definition) is 0. The van der Waals surface area contributed by atoms with Crippen molar-refractivity contribution in [3.05, 3.63) is 58.1 Å². The van der Waals surface area contributed by atoms with E-state index >= 15 is 0 Å². The van der Waals surface area contributed by atoms with Crippen molar-refractivity contribution < 1.29 is 9.47 Å². The highest BCUT2D eigenvalue weighted by atomic mass is 79.9. The summed E-state index contributed by atoms with van der Waals surface area (Å²) in [5, 5.41) is 0. The van der Waals surface area contributed by atoms with E-state index in [-0.39, 0.29) is 0 Å². The van der Waals surface area contributed by atoms with Crippen LogP contribution in [0.25, 0.3) is 0 Å². The number of halogens is 1. The molecule has 0 aliphatic carbocycles. The molecule has 0 radical (unpaired) electrons. The lowest BCUT2D eigenvalue weighted by molar-refractivity contribution is 0.284. The second kappa shape index (κ2) is 6.62. The Morgan fingerprint density at radius 2 is 1.84 bits per heavy atom. The molecule has 3 heteroatoms. The molecule has 0 unspecified atom stereocenters. The number of aryl methyl sites for hydroxylation is 1. The van der Waals surface area contributed by atoms with Crippen molar-refractivity contribution in [1.29, 1.82) is 0 Å². The molecule has 0 saturated carbocycles. The van der Waals surface area contributed by atoms with Gasteiger partial charge in [-0.05, 0) is 30.2 Å². The monoisotopic (exact) mass is 320 g/mol. The Labute approximate surface area is 122 Å². The fraction of sp³-hybridized carbons (Fsp3) is 0.250. The average molecular weight is 321 g/mol. The first-order valence-corrected chi connectivity index (χ1v) is 7.07. The van der Waals surface area contributed by atoms with Gasteiger partial charge in [-0.1, -0.05) is 47.1 Å². The zero-order valence-corrected chi connectivity index (χ0v) is 12.7. The maximum Gasteiger partial charge on any atom is 0.161 e. The highest BCUT2D eigenvalue weighted by molar-refractivity contribution is 9.10. The minimum Gasteiger partial charge on any atom is -0.493 e. The van der Waals surface area contributed by atoms with Crippen LogP contribution in [-0.2, 0) is 13.0 Å². The number of hydrogen-bond acceptors (Lipinski definition) is 2. The quantitative estimate of drug-likeness (QED) is 0.801. The normalized spacial score (nSPS) is 10.3. The third kappa shape index (κ3) is 3.51. The molecule has 2 nitrogen and oxygen atoms in total. The van der Waals surface area contributed by atoms with Crippen LogP contribution in [0.1, 0.15) is 18.1 Å². The third-order valence-corrected chi connectivity index (χ3v) is 3.75. The topological polar surface area (TPSA) is 18.5 Å². The number of methoxy groups -OCH3 is 1. The van der Waals surface area contributed by atoms with Gasteiger partial charge >= 0.3 is 0 Å². The van der Waals surface area contributed by atoms with Crippen LogP contribution in [-0.4, -0.2) is 7.11 Å². The predicted molar refractivity (Wildman–Crippen MR) is 80.8 cm³/mol. The summed E-state index contributed by atoms with van der Waals surface area (Å²) in [4.78, 5) is 0. The minimum absolute atomic E-state index is 0.517. The van der Waals surface area contributed by atoms with Gasteiger partial charge in [0.2, 0.25) is 0 Å². The molecule has 0 fully saturated rings. The van der Waals surface area contributed by atoms with E-state index in [2.05, 4.69) is 28.9 Å². The zero-order chi connectivity index (χ0) is 13.7. The molecule has 2 rings (SSSR count). The highest BCUT2D eigenvalue weighted by Crippen LogP contribution is 2.29. The average Bonchev–Trinajstić information content (AvgIpc) is 2.46. The van der Waals surface area contributed by atoms with Gasteiger partial charge < -0.3 is 9.47 Å². The van der Waals surface area contributed by atoms with Crippen LogP contribution >= 0.6 is 15.9 Å². The second-order valence-corrected chi connectivity index (χ2v) is 5.07. The van der Waals surface area contributed by atoms with Gasteiger partial charge in [-0.2, -0.15) is 0 Å². The van der Waals surface area contributed by atoms with E-state index in [9.17, 15) is 0 Å². The van der Waals surface area contributed by atoms with Crippen molar-refractivity contribution in [2.24, 2.45) is 0 Å². The van der Waals surface area contributed by atoms with Gasteiger partial charge in [0.15, 0.2) is 11.5 Å². The maximum atomic E-state index is 5.84. The molecule has 100 valence electrons. The van der Waals surface area contributed by atoms with Crippen molar-refractivity contribution in [3.8, 4) is 11.5 Å². The molecule has 2 aromatic rings. The maximum absolute atomic E-state index is 5.84. The summed E-state index contributed by atoms with van der Waals surface area (Å²) in [5.41, 5.74) is 2.36. The van der Waals surface area contributed by atoms with Crippen molar-refractivity contribution >= 4 is 15.9 Å². The van der Waals surface area contributed by atoms with Crippen LogP contribution < -0.4 is 9.47 Å². The number of benzene rings is 2. The fourth-order valence-electron chi connectivity index (χ4n) is 1.82. The summed E-state index contributed by atoms with van der Waals surface area (Å²) in [6.45, 7) is 2.64. The first kappa shape index (κ1) is 13.9. The Hall–Kier alpha value is -1.48. The van der Waals surface area contributed by atoms with E-state index in [1.54, 1.807) is 7.11 Å². The molecule has 0 amide bonds. The first-order valence-electron chi connectivity index (χ1n) is 6.27. The fourth-order valence-corrected chi connectivity index (χ4v) is 2.22. The Morgan fingerprint density at radius 3 is 2.53 bits per heavy atom. The third-order valence-electron chi connectivity index (χ3n) is 2.98. The molecule has 0 bridgehead atoms. The number of rotatable bonds is 5. The molecule has 0 aliphatic rings. The van der Waals surface area contributed by atoms with E-state index < -0.39 is 0 Å². The molecule has 0 saturated heterocycles. The van der Waals surface area contributed by atoms with Crippen molar-refractivity contribution in [2.45, 2.75) is 20.0 Å². The predicted octanol–water partition coefficient (Wildman–Crippen LogP) is 4.60. The SMILES string of the molecule is CCc1ccc(OCc2ccccc2Br)c(OC)c1. The molecule has 0 aromatic heterocycles. The van der Waals surface area contributed by atoms with Crippen LogP contribution in [0.3, 0.4) is 0 Å². The first-order chi connectivity index (χ1) is 9.24. The van der Waals surface area contributed by atoms with Gasteiger partial charge in [0.1, 0.15) is 6.61 Å². The standard InChI is InChI=1S/C16H17BrO2/c1-3-12-8-9-15(16(10-12)18-2)19-11-13-6-4-5-7-14(13)17/h4-10H,3,11H2,1-2H3. The summed E-state index contributed by atoms with van der Waals surface area (Å²) < 4.78 is 12.3. The van der Waals surface area contributed by atoms with E-state index in [1.807, 2.05) is 36.4 Å². The smallest absolute Gasteiger partial charge is 0.161 e. The van der Waals surface area contributed by atoms with Crippen LogP contribution in [0.2, 0.25) is 0 Å². The zero-order valence-electron chi connectivity index (χ0n) is 11.2. The lowest BCUT2D eigenvalue weighted by Gasteiger charge is -2.12. The van der Waals surface area contributed by atoms with Crippen LogP contribution in [0.15, 0.2) is 46.9 Å². The van der Waals surface area contributed by atoms with Crippen LogP contribution in [0.5, 0.6) is 11.5 Å². The highest BCUT2D eigenvalue weighted by Gasteiger charge is 2.06. The Kier molecular flexibility index (Phi) is 4.86. The van der Waals surface area contributed by atoms with Crippen LogP contribution in [0.4, 0.5) is 0 Å². The van der Waals surface area contributed by atoms with Gasteiger partial charge in [0.05, 0.1) is 7.11 Å². The molecular formula is C16H17BrO2. The van der Waals surface area contributed by atoms with Crippen LogP contribution in [0, 0.1) is 0 Å². The summed E-state index contributed by atoms with van der Waals surface area (Å²) in [6.07, 6.45) is 0.987. The molecule has 0 atom stereocenters. The minimum atomic E-state index is 0.517. The summed E-state index contributed by atoms with van der Waals surface area (Å²) in [7, 11) is 1.67. The molecule has 0 N–H and O–H groups in total. The Balaban J connectivity index is 2.13.